The van der Waals surface area contributed by atoms with Crippen molar-refractivity contribution in [2.45, 2.75) is 18.2 Å². The van der Waals surface area contributed by atoms with Crippen LogP contribution in [-0.2, 0) is 14.8 Å². The number of anilines is 1. The van der Waals surface area contributed by atoms with Crippen molar-refractivity contribution in [3.8, 4) is 5.75 Å². The van der Waals surface area contributed by atoms with Crippen LogP contribution in [0.25, 0.3) is 0 Å². The lowest BCUT2D eigenvalue weighted by Gasteiger charge is -2.09. The Morgan fingerprint density at radius 1 is 1.04 bits per heavy atom. The lowest BCUT2D eigenvalue weighted by atomic mass is 10.3. The fourth-order valence-electron chi connectivity index (χ4n) is 1.90. The monoisotopic (exact) mass is 348 g/mol. The molecule has 0 aliphatic rings. The lowest BCUT2D eigenvalue weighted by Crippen LogP contribution is -2.24. The van der Waals surface area contributed by atoms with E-state index in [0.717, 1.165) is 6.42 Å². The van der Waals surface area contributed by atoms with Crippen LogP contribution >= 0.6 is 0 Å². The van der Waals surface area contributed by atoms with Crippen molar-refractivity contribution < 1.29 is 17.9 Å². The van der Waals surface area contributed by atoms with Gasteiger partial charge in [0.05, 0.1) is 4.90 Å². The largest absolute Gasteiger partial charge is 0.484 e. The molecule has 0 radical (unpaired) electrons. The van der Waals surface area contributed by atoms with Crippen LogP contribution in [0.15, 0.2) is 59.5 Å². The summed E-state index contributed by atoms with van der Waals surface area (Å²) < 4.78 is 31.8. The van der Waals surface area contributed by atoms with Crippen LogP contribution in [0.3, 0.4) is 0 Å². The standard InChI is InChI=1S/C17H20N2O4S/c1-2-12-18-24(21,22)16-10-8-14(9-11-16)19-17(20)13-23-15-6-4-3-5-7-15/h3-11,18H,2,12-13H2,1H3,(H,19,20). The molecule has 2 rings (SSSR count). The topological polar surface area (TPSA) is 84.5 Å². The van der Waals surface area contributed by atoms with Crippen LogP contribution < -0.4 is 14.8 Å². The van der Waals surface area contributed by atoms with Gasteiger partial charge >= 0.3 is 0 Å². The van der Waals surface area contributed by atoms with Crippen molar-refractivity contribution in [3.63, 3.8) is 0 Å². The first-order valence-electron chi connectivity index (χ1n) is 7.58. The third-order valence-corrected chi connectivity index (χ3v) is 4.58. The third kappa shape index (κ3) is 5.36. The first kappa shape index (κ1) is 18.0. The number of carbonyl (C=O) groups excluding carboxylic acids is 1. The van der Waals surface area contributed by atoms with Crippen LogP contribution in [0.5, 0.6) is 5.75 Å². The Kier molecular flexibility index (Phi) is 6.34. The van der Waals surface area contributed by atoms with Crippen LogP contribution in [0.4, 0.5) is 5.69 Å². The highest BCUT2D eigenvalue weighted by molar-refractivity contribution is 7.89. The molecule has 6 nitrogen and oxygen atoms in total. The highest BCUT2D eigenvalue weighted by Crippen LogP contribution is 2.14. The van der Waals surface area contributed by atoms with Gasteiger partial charge in [0, 0.05) is 12.2 Å². The Labute approximate surface area is 141 Å². The first-order valence-corrected chi connectivity index (χ1v) is 9.07. The summed E-state index contributed by atoms with van der Waals surface area (Å²) in [6.07, 6.45) is 0.717. The third-order valence-electron chi connectivity index (χ3n) is 3.10. The van der Waals surface area contributed by atoms with E-state index >= 15 is 0 Å². The smallest absolute Gasteiger partial charge is 0.262 e. The Morgan fingerprint density at radius 3 is 2.33 bits per heavy atom. The van der Waals surface area contributed by atoms with E-state index in [1.165, 1.54) is 12.1 Å². The molecule has 0 spiro atoms. The summed E-state index contributed by atoms with van der Waals surface area (Å²) in [6, 6.07) is 15.0. The Bertz CT molecular complexity index is 759. The molecule has 2 aromatic carbocycles. The van der Waals surface area contributed by atoms with Gasteiger partial charge in [-0.05, 0) is 42.8 Å². The Balaban J connectivity index is 1.90. The summed E-state index contributed by atoms with van der Waals surface area (Å²) in [7, 11) is -3.50. The number of carbonyl (C=O) groups is 1. The van der Waals surface area contributed by atoms with E-state index in [0.29, 0.717) is 18.0 Å². The van der Waals surface area contributed by atoms with Gasteiger partial charge in [-0.2, -0.15) is 0 Å². The molecule has 2 aromatic rings. The van der Waals surface area contributed by atoms with Crippen molar-refractivity contribution >= 4 is 21.6 Å². The molecule has 7 heteroatoms. The number of para-hydroxylation sites is 1. The quantitative estimate of drug-likeness (QED) is 0.767. The SMILES string of the molecule is CCCNS(=O)(=O)c1ccc(NC(=O)COc2ccccc2)cc1. The molecule has 24 heavy (non-hydrogen) atoms. The maximum atomic E-state index is 12.0. The average molecular weight is 348 g/mol. The number of hydrogen-bond donors (Lipinski definition) is 2. The summed E-state index contributed by atoms with van der Waals surface area (Å²) >= 11 is 0. The number of nitrogens with one attached hydrogen (secondary N) is 2. The number of amides is 1. The minimum atomic E-state index is -3.50. The van der Waals surface area contributed by atoms with E-state index < -0.39 is 10.0 Å². The fourth-order valence-corrected chi connectivity index (χ4v) is 3.03. The first-order chi connectivity index (χ1) is 11.5. The number of benzene rings is 2. The molecular formula is C17H20N2O4S. The van der Waals surface area contributed by atoms with Crippen LogP contribution in [0.2, 0.25) is 0 Å². The molecule has 1 amide bonds. The second-order valence-corrected chi connectivity index (χ2v) is 6.84. The Morgan fingerprint density at radius 2 is 1.71 bits per heavy atom. The zero-order chi connectivity index (χ0) is 17.4. The van der Waals surface area contributed by atoms with Crippen molar-refractivity contribution in [3.05, 3.63) is 54.6 Å². The molecule has 2 N–H and O–H groups in total. The minimum absolute atomic E-state index is 0.123. The number of sulfonamides is 1. The number of ether oxygens (including phenoxy) is 1. The summed E-state index contributed by atoms with van der Waals surface area (Å²) in [4.78, 5) is 12.0. The average Bonchev–Trinajstić information content (AvgIpc) is 2.60. The molecule has 0 fully saturated rings. The van der Waals surface area contributed by atoms with Gasteiger partial charge in [-0.25, -0.2) is 13.1 Å². The van der Waals surface area contributed by atoms with Crippen LogP contribution in [-0.4, -0.2) is 27.5 Å². The van der Waals surface area contributed by atoms with E-state index in [1.54, 1.807) is 24.3 Å². The molecule has 128 valence electrons. The van der Waals surface area contributed by atoms with E-state index in [9.17, 15) is 13.2 Å². The van der Waals surface area contributed by atoms with Gasteiger partial charge in [0.2, 0.25) is 10.0 Å². The highest BCUT2D eigenvalue weighted by atomic mass is 32.2. The van der Waals surface area contributed by atoms with Gasteiger partial charge in [-0.1, -0.05) is 25.1 Å². The molecule has 0 aromatic heterocycles. The van der Waals surface area contributed by atoms with Gasteiger partial charge in [0.1, 0.15) is 5.75 Å². The minimum Gasteiger partial charge on any atom is -0.484 e. The molecule has 0 saturated carbocycles. The molecule has 0 atom stereocenters. The molecule has 0 saturated heterocycles. The van der Waals surface area contributed by atoms with Gasteiger partial charge in [-0.3, -0.25) is 4.79 Å². The van der Waals surface area contributed by atoms with E-state index in [2.05, 4.69) is 10.0 Å². The number of rotatable bonds is 8. The Hall–Kier alpha value is -2.38. The van der Waals surface area contributed by atoms with Gasteiger partial charge in [-0.15, -0.1) is 0 Å². The molecule has 0 bridgehead atoms. The molecule has 0 unspecified atom stereocenters. The predicted molar refractivity (Wildman–Crippen MR) is 92.5 cm³/mol. The van der Waals surface area contributed by atoms with Crippen molar-refractivity contribution in [2.24, 2.45) is 0 Å². The zero-order valence-electron chi connectivity index (χ0n) is 13.4. The van der Waals surface area contributed by atoms with Crippen LogP contribution in [0, 0.1) is 0 Å². The number of hydrogen-bond acceptors (Lipinski definition) is 4. The van der Waals surface area contributed by atoms with Gasteiger partial charge < -0.3 is 10.1 Å². The summed E-state index contributed by atoms with van der Waals surface area (Å²) in [5, 5.41) is 2.65. The van der Waals surface area contributed by atoms with Crippen molar-refractivity contribution in [2.75, 3.05) is 18.5 Å². The fraction of sp³-hybridized carbons (Fsp3) is 0.235. The van der Waals surface area contributed by atoms with E-state index in [1.807, 2.05) is 25.1 Å². The maximum Gasteiger partial charge on any atom is 0.262 e. The van der Waals surface area contributed by atoms with Crippen molar-refractivity contribution in [1.29, 1.82) is 0 Å². The van der Waals surface area contributed by atoms with Gasteiger partial charge in [0.15, 0.2) is 6.61 Å². The second-order valence-electron chi connectivity index (χ2n) is 5.07. The predicted octanol–water partition coefficient (Wildman–Crippen LogP) is 2.39. The summed E-state index contributed by atoms with van der Waals surface area (Å²) in [5.41, 5.74) is 0.506. The highest BCUT2D eigenvalue weighted by Gasteiger charge is 2.13. The zero-order valence-corrected chi connectivity index (χ0v) is 14.2. The summed E-state index contributed by atoms with van der Waals surface area (Å²) in [6.45, 7) is 2.15. The van der Waals surface area contributed by atoms with E-state index in [4.69, 9.17) is 4.74 Å². The molecular weight excluding hydrogens is 328 g/mol. The normalized spacial score (nSPS) is 11.0. The summed E-state index contributed by atoms with van der Waals surface area (Å²) in [5.74, 6) is 0.287. The maximum absolute atomic E-state index is 12.0. The molecule has 0 aliphatic carbocycles. The molecule has 0 heterocycles. The van der Waals surface area contributed by atoms with Crippen LogP contribution in [0.1, 0.15) is 13.3 Å². The second kappa shape index (κ2) is 8.47. The lowest BCUT2D eigenvalue weighted by molar-refractivity contribution is -0.118. The van der Waals surface area contributed by atoms with E-state index in [-0.39, 0.29) is 17.4 Å². The van der Waals surface area contributed by atoms with Gasteiger partial charge in [0.25, 0.3) is 5.91 Å². The van der Waals surface area contributed by atoms with Crippen molar-refractivity contribution in [1.82, 2.24) is 4.72 Å². The molecule has 0 aliphatic heterocycles.